The highest BCUT2D eigenvalue weighted by Gasteiger charge is 2.44. The molecule has 0 bridgehead atoms. The number of hydrogen-bond donors (Lipinski definition) is 4. The number of unbranched alkanes of at least 4 members (excludes halogenated alkanes) is 2. The van der Waals surface area contributed by atoms with Crippen molar-refractivity contribution in [2.45, 2.75) is 69.4 Å². The Labute approximate surface area is 119 Å². The first-order valence-electron chi connectivity index (χ1n) is 7.13. The average molecular weight is 290 g/mol. The highest BCUT2D eigenvalue weighted by atomic mass is 16.7. The van der Waals surface area contributed by atoms with Crippen molar-refractivity contribution >= 4 is 0 Å². The highest BCUT2D eigenvalue weighted by Crippen LogP contribution is 2.24. The van der Waals surface area contributed by atoms with Gasteiger partial charge in [0.1, 0.15) is 24.4 Å². The minimum Gasteiger partial charge on any atom is -0.394 e. The van der Waals surface area contributed by atoms with E-state index in [4.69, 9.17) is 14.6 Å². The third-order valence-electron chi connectivity index (χ3n) is 3.51. The van der Waals surface area contributed by atoms with E-state index in [2.05, 4.69) is 13.5 Å². The molecule has 1 rings (SSSR count). The maximum absolute atomic E-state index is 9.86. The van der Waals surface area contributed by atoms with E-state index < -0.39 is 37.3 Å². The standard InChI is InChI=1S/C14H26O6/c1-3-5-6-7-9(4-2)19-14-13(18)12(17)11(16)10(8-15)20-14/h4,9-18H,2-3,5-8H2,1H3/t9?,10-,11-,12+,13-,14?/m1/s1. The smallest absolute Gasteiger partial charge is 0.187 e. The quantitative estimate of drug-likeness (QED) is 0.369. The van der Waals surface area contributed by atoms with Crippen LogP contribution in [0.2, 0.25) is 0 Å². The fourth-order valence-electron chi connectivity index (χ4n) is 2.19. The molecular weight excluding hydrogens is 264 g/mol. The molecule has 0 aromatic rings. The molecule has 1 aliphatic heterocycles. The second kappa shape index (κ2) is 8.71. The zero-order chi connectivity index (χ0) is 15.1. The van der Waals surface area contributed by atoms with Crippen molar-refractivity contribution in [2.24, 2.45) is 0 Å². The molecule has 0 aromatic heterocycles. The van der Waals surface area contributed by atoms with Crippen molar-refractivity contribution in [1.29, 1.82) is 0 Å². The number of aliphatic hydroxyl groups is 4. The van der Waals surface area contributed by atoms with Crippen molar-refractivity contribution in [3.63, 3.8) is 0 Å². The van der Waals surface area contributed by atoms with Crippen molar-refractivity contribution in [3.8, 4) is 0 Å². The van der Waals surface area contributed by atoms with Crippen LogP contribution < -0.4 is 0 Å². The Bertz CT molecular complexity index is 283. The van der Waals surface area contributed by atoms with Gasteiger partial charge in [-0.1, -0.05) is 32.3 Å². The van der Waals surface area contributed by atoms with E-state index in [1.165, 1.54) is 0 Å². The van der Waals surface area contributed by atoms with Crippen LogP contribution in [0, 0.1) is 0 Å². The Kier molecular flexibility index (Phi) is 7.65. The molecule has 0 aliphatic carbocycles. The van der Waals surface area contributed by atoms with Gasteiger partial charge in [-0.25, -0.2) is 0 Å². The molecule has 0 amide bonds. The maximum Gasteiger partial charge on any atom is 0.187 e. The van der Waals surface area contributed by atoms with Crippen molar-refractivity contribution in [3.05, 3.63) is 12.7 Å². The summed E-state index contributed by atoms with van der Waals surface area (Å²) in [6.07, 6.45) is -0.983. The lowest BCUT2D eigenvalue weighted by molar-refractivity contribution is -0.307. The predicted molar refractivity (Wildman–Crippen MR) is 73.0 cm³/mol. The van der Waals surface area contributed by atoms with Gasteiger partial charge in [0.15, 0.2) is 6.29 Å². The Morgan fingerprint density at radius 2 is 1.90 bits per heavy atom. The van der Waals surface area contributed by atoms with E-state index in [0.717, 1.165) is 25.7 Å². The first kappa shape index (κ1) is 17.6. The molecule has 20 heavy (non-hydrogen) atoms. The molecule has 2 unspecified atom stereocenters. The largest absolute Gasteiger partial charge is 0.394 e. The van der Waals surface area contributed by atoms with Crippen LogP contribution in [0.25, 0.3) is 0 Å². The van der Waals surface area contributed by atoms with Gasteiger partial charge in [-0.05, 0) is 6.42 Å². The molecule has 0 spiro atoms. The Hall–Kier alpha value is -0.500. The topological polar surface area (TPSA) is 99.4 Å². The van der Waals surface area contributed by atoms with E-state index in [1.807, 2.05) is 0 Å². The summed E-state index contributed by atoms with van der Waals surface area (Å²) in [6, 6.07) is 0. The van der Waals surface area contributed by atoms with Crippen molar-refractivity contribution in [2.75, 3.05) is 6.61 Å². The predicted octanol–water partition coefficient (Wildman–Crippen LogP) is -0.0622. The van der Waals surface area contributed by atoms with Crippen LogP contribution in [0.5, 0.6) is 0 Å². The number of ether oxygens (including phenoxy) is 2. The van der Waals surface area contributed by atoms with Crippen LogP contribution in [0.4, 0.5) is 0 Å². The van der Waals surface area contributed by atoms with Crippen LogP contribution in [0.1, 0.15) is 32.6 Å². The molecule has 6 atom stereocenters. The number of aliphatic hydroxyl groups excluding tert-OH is 4. The lowest BCUT2D eigenvalue weighted by atomic mass is 9.99. The van der Waals surface area contributed by atoms with Gasteiger partial charge in [-0.2, -0.15) is 0 Å². The normalized spacial score (nSPS) is 35.8. The Morgan fingerprint density at radius 3 is 2.45 bits per heavy atom. The summed E-state index contributed by atoms with van der Waals surface area (Å²) in [6.45, 7) is 5.32. The van der Waals surface area contributed by atoms with Gasteiger partial charge in [0.2, 0.25) is 0 Å². The molecule has 1 fully saturated rings. The second-order valence-corrected chi connectivity index (χ2v) is 5.10. The lowest BCUT2D eigenvalue weighted by Crippen LogP contribution is -2.59. The summed E-state index contributed by atoms with van der Waals surface area (Å²) < 4.78 is 10.9. The summed E-state index contributed by atoms with van der Waals surface area (Å²) in [5, 5.41) is 38.3. The summed E-state index contributed by atoms with van der Waals surface area (Å²) in [5.41, 5.74) is 0. The van der Waals surface area contributed by atoms with Crippen molar-refractivity contribution in [1.82, 2.24) is 0 Å². The van der Waals surface area contributed by atoms with Gasteiger partial charge in [-0.15, -0.1) is 6.58 Å². The molecule has 6 heteroatoms. The fraction of sp³-hybridized carbons (Fsp3) is 0.857. The third kappa shape index (κ3) is 4.51. The van der Waals surface area contributed by atoms with Crippen LogP contribution in [-0.4, -0.2) is 63.8 Å². The molecule has 6 nitrogen and oxygen atoms in total. The summed E-state index contributed by atoms with van der Waals surface area (Å²) in [5.74, 6) is 0. The average Bonchev–Trinajstić information content (AvgIpc) is 2.46. The molecule has 0 radical (unpaired) electrons. The molecule has 4 N–H and O–H groups in total. The molecule has 1 heterocycles. The van der Waals surface area contributed by atoms with Crippen LogP contribution in [-0.2, 0) is 9.47 Å². The number of rotatable bonds is 8. The lowest BCUT2D eigenvalue weighted by Gasteiger charge is -2.40. The molecular formula is C14H26O6. The van der Waals surface area contributed by atoms with Gasteiger partial charge >= 0.3 is 0 Å². The van der Waals surface area contributed by atoms with Gasteiger partial charge in [0.05, 0.1) is 12.7 Å². The van der Waals surface area contributed by atoms with Crippen LogP contribution in [0.15, 0.2) is 12.7 Å². The Balaban J connectivity index is 2.57. The second-order valence-electron chi connectivity index (χ2n) is 5.10. The van der Waals surface area contributed by atoms with E-state index in [9.17, 15) is 15.3 Å². The zero-order valence-corrected chi connectivity index (χ0v) is 11.9. The first-order valence-corrected chi connectivity index (χ1v) is 7.13. The van der Waals surface area contributed by atoms with Crippen LogP contribution >= 0.6 is 0 Å². The van der Waals surface area contributed by atoms with Gasteiger partial charge < -0.3 is 29.9 Å². The van der Waals surface area contributed by atoms with Crippen LogP contribution in [0.3, 0.4) is 0 Å². The SMILES string of the molecule is C=CC(CCCCC)OC1O[C@H](CO)[C@@H](O)[C@H](O)[C@H]1O. The molecule has 1 saturated heterocycles. The fourth-order valence-corrected chi connectivity index (χ4v) is 2.19. The van der Waals surface area contributed by atoms with Crippen molar-refractivity contribution < 1.29 is 29.9 Å². The maximum atomic E-state index is 9.86. The third-order valence-corrected chi connectivity index (χ3v) is 3.51. The van der Waals surface area contributed by atoms with E-state index in [-0.39, 0.29) is 6.10 Å². The highest BCUT2D eigenvalue weighted by molar-refractivity contribution is 4.90. The minimum absolute atomic E-state index is 0.303. The van der Waals surface area contributed by atoms with E-state index >= 15 is 0 Å². The van der Waals surface area contributed by atoms with E-state index in [0.29, 0.717) is 0 Å². The van der Waals surface area contributed by atoms with Gasteiger partial charge in [-0.3, -0.25) is 0 Å². The summed E-state index contributed by atoms with van der Waals surface area (Å²) >= 11 is 0. The first-order chi connectivity index (χ1) is 9.54. The summed E-state index contributed by atoms with van der Waals surface area (Å²) in [7, 11) is 0. The molecule has 0 saturated carbocycles. The van der Waals surface area contributed by atoms with Gasteiger partial charge in [0.25, 0.3) is 0 Å². The monoisotopic (exact) mass is 290 g/mol. The molecule has 118 valence electrons. The molecule has 0 aromatic carbocycles. The van der Waals surface area contributed by atoms with E-state index in [1.54, 1.807) is 6.08 Å². The van der Waals surface area contributed by atoms with Gasteiger partial charge in [0, 0.05) is 0 Å². The Morgan fingerprint density at radius 1 is 1.20 bits per heavy atom. The molecule has 1 aliphatic rings. The summed E-state index contributed by atoms with van der Waals surface area (Å²) in [4.78, 5) is 0. The minimum atomic E-state index is -1.41. The zero-order valence-electron chi connectivity index (χ0n) is 11.9. The number of hydrogen-bond acceptors (Lipinski definition) is 6.